The van der Waals surface area contributed by atoms with Crippen LogP contribution >= 0.6 is 0 Å². The molecule has 2 aromatic heterocycles. The molecule has 0 radical (unpaired) electrons. The van der Waals surface area contributed by atoms with Crippen LogP contribution in [0.25, 0.3) is 22.3 Å². The molecule has 3 aromatic rings. The Balaban J connectivity index is 2.24. The van der Waals surface area contributed by atoms with E-state index in [4.69, 9.17) is 0 Å². The smallest absolute Gasteiger partial charge is 0.338 e. The summed E-state index contributed by atoms with van der Waals surface area (Å²) in [5.74, 6) is -1.74. The molecule has 0 aliphatic carbocycles. The van der Waals surface area contributed by atoms with E-state index in [-0.39, 0.29) is 22.2 Å². The second kappa shape index (κ2) is 6.99. The molecule has 0 unspecified atom stereocenters. The molecular weight excluding hydrogens is 351 g/mol. The number of aromatic amines is 1. The first-order chi connectivity index (χ1) is 12.8. The van der Waals surface area contributed by atoms with Gasteiger partial charge in [0.2, 0.25) is 0 Å². The fourth-order valence-electron chi connectivity index (χ4n) is 2.62. The molecule has 0 aliphatic heterocycles. The zero-order valence-electron chi connectivity index (χ0n) is 14.8. The lowest BCUT2D eigenvalue weighted by Crippen LogP contribution is -2.12. The molecule has 0 spiro atoms. The summed E-state index contributed by atoms with van der Waals surface area (Å²) in [5.41, 5.74) is 1.12. The van der Waals surface area contributed by atoms with Crippen molar-refractivity contribution in [1.29, 1.82) is 0 Å². The van der Waals surface area contributed by atoms with Gasteiger partial charge >= 0.3 is 5.97 Å². The third-order valence-corrected chi connectivity index (χ3v) is 3.99. The van der Waals surface area contributed by atoms with Crippen LogP contribution in [-0.2, 0) is 11.2 Å². The highest BCUT2D eigenvalue weighted by molar-refractivity contribution is 6.08. The zero-order chi connectivity index (χ0) is 19.7. The zero-order valence-corrected chi connectivity index (χ0v) is 14.8. The van der Waals surface area contributed by atoms with Crippen LogP contribution in [-0.4, -0.2) is 31.9 Å². The number of hydrogen-bond donors (Lipinski definition) is 3. The third-order valence-electron chi connectivity index (χ3n) is 3.99. The second-order valence-electron chi connectivity index (χ2n) is 6.00. The Morgan fingerprint density at radius 1 is 1.33 bits per heavy atom. The molecule has 0 fully saturated rings. The van der Waals surface area contributed by atoms with E-state index in [1.807, 2.05) is 6.92 Å². The number of carboxylic acid groups (broad SMARTS) is 1. The molecule has 0 aliphatic rings. The predicted molar refractivity (Wildman–Crippen MR) is 99.1 cm³/mol. The number of carboxylic acids is 1. The SMILES string of the molecule is C=C(C)C(=O)Nc1ccc(F)c(-c2nc(CC)nc3[nH]cc(C(=O)O)c23)c1. The molecule has 3 rings (SSSR count). The summed E-state index contributed by atoms with van der Waals surface area (Å²) in [4.78, 5) is 34.8. The van der Waals surface area contributed by atoms with Gasteiger partial charge in [-0.25, -0.2) is 19.2 Å². The molecule has 0 bridgehead atoms. The molecule has 1 amide bonds. The highest BCUT2D eigenvalue weighted by Gasteiger charge is 2.21. The van der Waals surface area contributed by atoms with E-state index in [1.165, 1.54) is 24.4 Å². The van der Waals surface area contributed by atoms with Gasteiger partial charge in [0.05, 0.1) is 16.6 Å². The van der Waals surface area contributed by atoms with Crippen LogP contribution < -0.4 is 5.32 Å². The number of carbonyl (C=O) groups excluding carboxylic acids is 1. The molecule has 2 heterocycles. The van der Waals surface area contributed by atoms with Crippen LogP contribution in [0, 0.1) is 5.82 Å². The van der Waals surface area contributed by atoms with Crippen molar-refractivity contribution in [3.05, 3.63) is 53.8 Å². The minimum Gasteiger partial charge on any atom is -0.478 e. The van der Waals surface area contributed by atoms with Gasteiger partial charge in [0.15, 0.2) is 0 Å². The molecule has 8 heteroatoms. The van der Waals surface area contributed by atoms with E-state index < -0.39 is 17.7 Å². The molecule has 27 heavy (non-hydrogen) atoms. The Hall–Kier alpha value is -3.55. The molecule has 7 nitrogen and oxygen atoms in total. The van der Waals surface area contributed by atoms with Gasteiger partial charge < -0.3 is 15.4 Å². The van der Waals surface area contributed by atoms with Crippen molar-refractivity contribution in [2.24, 2.45) is 0 Å². The maximum absolute atomic E-state index is 14.6. The van der Waals surface area contributed by atoms with Gasteiger partial charge in [-0.3, -0.25) is 4.79 Å². The van der Waals surface area contributed by atoms with Crippen molar-refractivity contribution in [1.82, 2.24) is 15.0 Å². The average Bonchev–Trinajstić information content (AvgIpc) is 3.06. The Morgan fingerprint density at radius 2 is 2.07 bits per heavy atom. The molecule has 0 saturated carbocycles. The number of nitrogens with one attached hydrogen (secondary N) is 2. The first-order valence-corrected chi connectivity index (χ1v) is 8.19. The number of H-pyrrole nitrogens is 1. The highest BCUT2D eigenvalue weighted by atomic mass is 19.1. The number of aromatic nitrogens is 3. The number of benzene rings is 1. The summed E-state index contributed by atoms with van der Waals surface area (Å²) >= 11 is 0. The maximum atomic E-state index is 14.6. The van der Waals surface area contributed by atoms with Gasteiger partial charge in [-0.1, -0.05) is 13.5 Å². The summed E-state index contributed by atoms with van der Waals surface area (Å²) in [6.45, 7) is 6.96. The van der Waals surface area contributed by atoms with Gasteiger partial charge in [0, 0.05) is 29.4 Å². The predicted octanol–water partition coefficient (Wildman–Crippen LogP) is 3.54. The van der Waals surface area contributed by atoms with Gasteiger partial charge in [0.25, 0.3) is 5.91 Å². The first-order valence-electron chi connectivity index (χ1n) is 8.19. The van der Waals surface area contributed by atoms with Crippen molar-refractivity contribution in [2.75, 3.05) is 5.32 Å². The number of aryl methyl sites for hydroxylation is 1. The normalized spacial score (nSPS) is 10.8. The van der Waals surface area contributed by atoms with Crippen LogP contribution in [0.15, 0.2) is 36.5 Å². The largest absolute Gasteiger partial charge is 0.478 e. The highest BCUT2D eigenvalue weighted by Crippen LogP contribution is 2.32. The second-order valence-corrected chi connectivity index (χ2v) is 6.00. The molecule has 0 atom stereocenters. The fraction of sp³-hybridized carbons (Fsp3) is 0.158. The van der Waals surface area contributed by atoms with Crippen LogP contribution in [0.5, 0.6) is 0 Å². The summed E-state index contributed by atoms with van der Waals surface area (Å²) in [5, 5.41) is 12.3. The van der Waals surface area contributed by atoms with E-state index in [1.54, 1.807) is 6.92 Å². The molecule has 138 valence electrons. The maximum Gasteiger partial charge on any atom is 0.338 e. The van der Waals surface area contributed by atoms with Gasteiger partial charge in [-0.2, -0.15) is 0 Å². The van der Waals surface area contributed by atoms with Crippen molar-refractivity contribution in [3.8, 4) is 11.3 Å². The van der Waals surface area contributed by atoms with E-state index in [0.717, 1.165) is 0 Å². The topological polar surface area (TPSA) is 108 Å². The number of nitrogens with zero attached hydrogens (tertiary/aromatic N) is 2. The summed E-state index contributed by atoms with van der Waals surface area (Å²) in [6.07, 6.45) is 1.79. The van der Waals surface area contributed by atoms with Gasteiger partial charge in [-0.15, -0.1) is 0 Å². The summed E-state index contributed by atoms with van der Waals surface area (Å²) < 4.78 is 14.6. The monoisotopic (exact) mass is 368 g/mol. The number of halogens is 1. The summed E-state index contributed by atoms with van der Waals surface area (Å²) in [6, 6.07) is 4.01. The molecule has 1 aromatic carbocycles. The molecule has 3 N–H and O–H groups in total. The Kier molecular flexibility index (Phi) is 4.72. The Labute approximate surface area is 154 Å². The first kappa shape index (κ1) is 18.2. The van der Waals surface area contributed by atoms with Gasteiger partial charge in [-0.05, 0) is 25.1 Å². The van der Waals surface area contributed by atoms with Crippen molar-refractivity contribution >= 4 is 28.6 Å². The number of rotatable bonds is 5. The number of amides is 1. The van der Waals surface area contributed by atoms with Crippen LogP contribution in [0.4, 0.5) is 10.1 Å². The number of fused-ring (bicyclic) bond motifs is 1. The van der Waals surface area contributed by atoms with Crippen molar-refractivity contribution in [3.63, 3.8) is 0 Å². The minimum atomic E-state index is -1.18. The fourth-order valence-corrected chi connectivity index (χ4v) is 2.62. The lowest BCUT2D eigenvalue weighted by atomic mass is 10.0. The standard InChI is InChI=1S/C19H17FN4O3/c1-4-14-23-16(15-12(19(26)27)8-21-17(15)24-14)11-7-10(5-6-13(11)20)22-18(25)9(2)3/h5-8H,2,4H2,1,3H3,(H,22,25)(H,26,27)(H,21,23,24). The number of carbonyl (C=O) groups is 2. The van der Waals surface area contributed by atoms with Crippen LogP contribution in [0.3, 0.4) is 0 Å². The quantitative estimate of drug-likeness (QED) is 0.597. The van der Waals surface area contributed by atoms with Crippen molar-refractivity contribution < 1.29 is 19.1 Å². The van der Waals surface area contributed by atoms with Crippen LogP contribution in [0.1, 0.15) is 30.0 Å². The Morgan fingerprint density at radius 3 is 2.70 bits per heavy atom. The van der Waals surface area contributed by atoms with E-state index in [9.17, 15) is 19.1 Å². The number of aromatic carboxylic acids is 1. The average molecular weight is 368 g/mol. The third kappa shape index (κ3) is 3.41. The van der Waals surface area contributed by atoms with E-state index in [0.29, 0.717) is 29.2 Å². The van der Waals surface area contributed by atoms with E-state index >= 15 is 0 Å². The van der Waals surface area contributed by atoms with Crippen molar-refractivity contribution in [2.45, 2.75) is 20.3 Å². The Bertz CT molecular complexity index is 1090. The number of hydrogen-bond acceptors (Lipinski definition) is 4. The lowest BCUT2D eigenvalue weighted by Gasteiger charge is -2.10. The summed E-state index contributed by atoms with van der Waals surface area (Å²) in [7, 11) is 0. The van der Waals surface area contributed by atoms with E-state index in [2.05, 4.69) is 26.8 Å². The number of anilines is 1. The van der Waals surface area contributed by atoms with Gasteiger partial charge in [0.1, 0.15) is 17.3 Å². The van der Waals surface area contributed by atoms with Crippen LogP contribution in [0.2, 0.25) is 0 Å². The molecule has 0 saturated heterocycles. The minimum absolute atomic E-state index is 0.0570. The lowest BCUT2D eigenvalue weighted by molar-refractivity contribution is -0.112. The molecular formula is C19H17FN4O3.